The summed E-state index contributed by atoms with van der Waals surface area (Å²) < 4.78 is 6.25. The lowest BCUT2D eigenvalue weighted by atomic mass is 10.2. The Labute approximate surface area is 121 Å². The van der Waals surface area contributed by atoms with Gasteiger partial charge in [-0.2, -0.15) is 0 Å². The minimum absolute atomic E-state index is 0.383. The Kier molecular flexibility index (Phi) is 4.56. The van der Waals surface area contributed by atoms with Gasteiger partial charge in [-0.1, -0.05) is 18.7 Å². The Bertz CT molecular complexity index is 464. The van der Waals surface area contributed by atoms with E-state index in [1.54, 1.807) is 18.9 Å². The number of halogens is 1. The van der Waals surface area contributed by atoms with Crippen molar-refractivity contribution in [1.29, 1.82) is 0 Å². The summed E-state index contributed by atoms with van der Waals surface area (Å²) in [7, 11) is 1.67. The molecule has 1 heterocycles. The van der Waals surface area contributed by atoms with Crippen LogP contribution in [0.25, 0.3) is 0 Å². The van der Waals surface area contributed by atoms with Crippen molar-refractivity contribution >= 4 is 38.5 Å². The van der Waals surface area contributed by atoms with E-state index < -0.39 is 0 Å². The highest BCUT2D eigenvalue weighted by atomic mass is 79.9. The summed E-state index contributed by atoms with van der Waals surface area (Å²) in [5.74, 6) is 0.836. The normalized spacial score (nSPS) is 23.4. The van der Waals surface area contributed by atoms with Gasteiger partial charge in [-0.05, 0) is 41.4 Å². The van der Waals surface area contributed by atoms with Crippen LogP contribution in [0.2, 0.25) is 0 Å². The Balaban J connectivity index is 2.18. The SMILES string of the molecule is COc1ccc(Br)c(NC2=NC(C)CC(C)S2)c1. The standard InChI is InChI=1S/C13H17BrN2OS/c1-8-6-9(2)18-13(15-8)16-12-7-10(17-3)4-5-11(12)14/h4-5,7-9H,6H2,1-3H3,(H,15,16). The van der Waals surface area contributed by atoms with E-state index in [0.717, 1.165) is 27.5 Å². The molecule has 0 radical (unpaired) electrons. The first-order valence-electron chi connectivity index (χ1n) is 5.93. The van der Waals surface area contributed by atoms with E-state index in [2.05, 4.69) is 40.1 Å². The molecular formula is C13H17BrN2OS. The smallest absolute Gasteiger partial charge is 0.161 e. The molecule has 5 heteroatoms. The maximum Gasteiger partial charge on any atom is 0.161 e. The highest BCUT2D eigenvalue weighted by molar-refractivity contribution is 9.10. The monoisotopic (exact) mass is 328 g/mol. The average Bonchev–Trinajstić information content (AvgIpc) is 2.30. The molecule has 0 saturated carbocycles. The first-order valence-corrected chi connectivity index (χ1v) is 7.60. The lowest BCUT2D eigenvalue weighted by molar-refractivity contribution is 0.415. The number of hydrogen-bond donors (Lipinski definition) is 1. The van der Waals surface area contributed by atoms with Gasteiger partial charge in [-0.3, -0.25) is 4.99 Å². The number of hydrogen-bond acceptors (Lipinski definition) is 4. The van der Waals surface area contributed by atoms with Gasteiger partial charge in [0.05, 0.1) is 18.8 Å². The Hall–Kier alpha value is -0.680. The van der Waals surface area contributed by atoms with Gasteiger partial charge in [-0.25, -0.2) is 0 Å². The summed E-state index contributed by atoms with van der Waals surface area (Å²) in [6, 6.07) is 6.25. The molecule has 18 heavy (non-hydrogen) atoms. The lowest BCUT2D eigenvalue weighted by Crippen LogP contribution is -2.22. The number of nitrogens with one attached hydrogen (secondary N) is 1. The van der Waals surface area contributed by atoms with Gasteiger partial charge in [0.15, 0.2) is 5.17 Å². The Morgan fingerprint density at radius 2 is 2.22 bits per heavy atom. The summed E-state index contributed by atoms with van der Waals surface area (Å²) >= 11 is 5.32. The van der Waals surface area contributed by atoms with Gasteiger partial charge < -0.3 is 10.1 Å². The molecule has 0 spiro atoms. The lowest BCUT2D eigenvalue weighted by Gasteiger charge is -2.23. The first kappa shape index (κ1) is 13.7. The maximum absolute atomic E-state index is 5.23. The molecule has 2 rings (SSSR count). The molecule has 1 N–H and O–H groups in total. The minimum atomic E-state index is 0.383. The zero-order chi connectivity index (χ0) is 13.1. The van der Waals surface area contributed by atoms with Crippen LogP contribution in [0.1, 0.15) is 20.3 Å². The highest BCUT2D eigenvalue weighted by Gasteiger charge is 2.19. The molecular weight excluding hydrogens is 312 g/mol. The van der Waals surface area contributed by atoms with Crippen LogP contribution < -0.4 is 10.1 Å². The van der Waals surface area contributed by atoms with Gasteiger partial charge >= 0.3 is 0 Å². The number of benzene rings is 1. The molecule has 1 aromatic carbocycles. The number of methoxy groups -OCH3 is 1. The molecule has 0 fully saturated rings. The van der Waals surface area contributed by atoms with Crippen LogP contribution in [-0.2, 0) is 0 Å². The van der Waals surface area contributed by atoms with Crippen LogP contribution >= 0.6 is 27.7 Å². The summed E-state index contributed by atoms with van der Waals surface area (Å²) in [5.41, 5.74) is 0.988. The van der Waals surface area contributed by atoms with Crippen molar-refractivity contribution in [2.24, 2.45) is 4.99 Å². The fraction of sp³-hybridized carbons (Fsp3) is 0.462. The molecule has 0 amide bonds. The molecule has 98 valence electrons. The second kappa shape index (κ2) is 5.97. The third kappa shape index (κ3) is 3.42. The quantitative estimate of drug-likeness (QED) is 0.885. The van der Waals surface area contributed by atoms with Crippen LogP contribution in [0.4, 0.5) is 5.69 Å². The largest absolute Gasteiger partial charge is 0.497 e. The van der Waals surface area contributed by atoms with Crippen LogP contribution in [0.5, 0.6) is 5.75 Å². The van der Waals surface area contributed by atoms with Crippen molar-refractivity contribution in [1.82, 2.24) is 0 Å². The zero-order valence-corrected chi connectivity index (χ0v) is 13.1. The minimum Gasteiger partial charge on any atom is -0.497 e. The summed E-state index contributed by atoms with van der Waals surface area (Å²) in [6.45, 7) is 4.39. The van der Waals surface area contributed by atoms with Gasteiger partial charge in [0, 0.05) is 15.8 Å². The first-order chi connectivity index (χ1) is 8.58. The topological polar surface area (TPSA) is 33.6 Å². The van der Waals surface area contributed by atoms with Gasteiger partial charge in [0.1, 0.15) is 5.75 Å². The van der Waals surface area contributed by atoms with Gasteiger partial charge in [-0.15, -0.1) is 0 Å². The molecule has 0 saturated heterocycles. The molecule has 2 unspecified atom stereocenters. The number of nitrogens with zero attached hydrogens (tertiary/aromatic N) is 1. The maximum atomic E-state index is 5.23. The summed E-state index contributed by atoms with van der Waals surface area (Å²) in [5, 5.41) is 4.95. The van der Waals surface area contributed by atoms with Crippen LogP contribution in [0, 0.1) is 0 Å². The molecule has 1 aromatic rings. The molecule has 0 aliphatic carbocycles. The van der Waals surface area contributed by atoms with Crippen molar-refractivity contribution in [2.75, 3.05) is 12.4 Å². The van der Waals surface area contributed by atoms with Crippen LogP contribution in [0.3, 0.4) is 0 Å². The van der Waals surface area contributed by atoms with Gasteiger partial charge in [0.25, 0.3) is 0 Å². The fourth-order valence-electron chi connectivity index (χ4n) is 1.91. The molecule has 2 atom stereocenters. The Morgan fingerprint density at radius 1 is 1.44 bits per heavy atom. The van der Waals surface area contributed by atoms with E-state index in [0.29, 0.717) is 11.3 Å². The number of anilines is 1. The predicted molar refractivity (Wildman–Crippen MR) is 82.9 cm³/mol. The zero-order valence-electron chi connectivity index (χ0n) is 10.7. The second-order valence-corrected chi connectivity index (χ2v) is 6.70. The number of ether oxygens (including phenoxy) is 1. The van der Waals surface area contributed by atoms with E-state index in [1.165, 1.54) is 0 Å². The van der Waals surface area contributed by atoms with E-state index in [4.69, 9.17) is 4.74 Å². The molecule has 3 nitrogen and oxygen atoms in total. The average molecular weight is 329 g/mol. The van der Waals surface area contributed by atoms with Crippen molar-refractivity contribution < 1.29 is 4.74 Å². The third-order valence-corrected chi connectivity index (χ3v) is 4.46. The highest BCUT2D eigenvalue weighted by Crippen LogP contribution is 2.31. The number of rotatable bonds is 2. The van der Waals surface area contributed by atoms with Crippen molar-refractivity contribution in [3.63, 3.8) is 0 Å². The van der Waals surface area contributed by atoms with Crippen molar-refractivity contribution in [3.05, 3.63) is 22.7 Å². The number of aliphatic imine (C=N–C) groups is 1. The Morgan fingerprint density at radius 3 is 2.89 bits per heavy atom. The van der Waals surface area contributed by atoms with Crippen molar-refractivity contribution in [2.45, 2.75) is 31.6 Å². The molecule has 1 aliphatic heterocycles. The van der Waals surface area contributed by atoms with Crippen LogP contribution in [-0.4, -0.2) is 23.6 Å². The molecule has 0 aromatic heterocycles. The molecule has 0 bridgehead atoms. The van der Waals surface area contributed by atoms with E-state index in [1.807, 2.05) is 18.2 Å². The van der Waals surface area contributed by atoms with E-state index in [-0.39, 0.29) is 0 Å². The number of thioether (sulfide) groups is 1. The third-order valence-electron chi connectivity index (χ3n) is 2.74. The van der Waals surface area contributed by atoms with Crippen molar-refractivity contribution in [3.8, 4) is 5.75 Å². The van der Waals surface area contributed by atoms with Crippen LogP contribution in [0.15, 0.2) is 27.7 Å². The van der Waals surface area contributed by atoms with E-state index >= 15 is 0 Å². The second-order valence-electron chi connectivity index (χ2n) is 4.42. The number of amidine groups is 1. The fourth-order valence-corrected chi connectivity index (χ4v) is 3.42. The van der Waals surface area contributed by atoms with Gasteiger partial charge in [0.2, 0.25) is 0 Å². The summed E-state index contributed by atoms with van der Waals surface area (Å²) in [4.78, 5) is 4.63. The van der Waals surface area contributed by atoms with E-state index in [9.17, 15) is 0 Å². The predicted octanol–water partition coefficient (Wildman–Crippen LogP) is 4.14. The molecule has 1 aliphatic rings. The summed E-state index contributed by atoms with van der Waals surface area (Å²) in [6.07, 6.45) is 1.13.